The van der Waals surface area contributed by atoms with E-state index in [4.69, 9.17) is 0 Å². The number of nitro groups is 1. The van der Waals surface area contributed by atoms with Gasteiger partial charge in [0.2, 0.25) is 5.91 Å². The van der Waals surface area contributed by atoms with E-state index in [1.807, 2.05) is 36.4 Å². The molecule has 1 aliphatic heterocycles. The van der Waals surface area contributed by atoms with Crippen LogP contribution in [0.25, 0.3) is 6.08 Å². The van der Waals surface area contributed by atoms with Crippen molar-refractivity contribution in [2.45, 2.75) is 51.4 Å². The molecule has 2 aromatic carbocycles. The van der Waals surface area contributed by atoms with E-state index in [0.29, 0.717) is 5.92 Å². The van der Waals surface area contributed by atoms with Crippen LogP contribution in [0.15, 0.2) is 54.6 Å². The van der Waals surface area contributed by atoms with Crippen LogP contribution in [0.2, 0.25) is 0 Å². The molecule has 196 valence electrons. The summed E-state index contributed by atoms with van der Waals surface area (Å²) in [5.74, 6) is 0.141. The highest BCUT2D eigenvalue weighted by atomic mass is 16.6. The third kappa shape index (κ3) is 6.76. The Balaban J connectivity index is 1.39. The van der Waals surface area contributed by atoms with Crippen molar-refractivity contribution in [2.24, 2.45) is 11.3 Å². The Morgan fingerprint density at radius 2 is 1.81 bits per heavy atom. The molecular weight excluding hydrogens is 470 g/mol. The van der Waals surface area contributed by atoms with Crippen LogP contribution in [0, 0.1) is 21.4 Å². The zero-order chi connectivity index (χ0) is 26.3. The van der Waals surface area contributed by atoms with Crippen LogP contribution >= 0.6 is 0 Å². The summed E-state index contributed by atoms with van der Waals surface area (Å²) in [5.41, 5.74) is 2.30. The number of nitrogens with zero attached hydrogens (tertiary/aromatic N) is 2. The highest BCUT2D eigenvalue weighted by Crippen LogP contribution is 2.44. The first-order chi connectivity index (χ1) is 17.9. The highest BCUT2D eigenvalue weighted by molar-refractivity contribution is 5.96. The molecule has 0 radical (unpaired) electrons. The van der Waals surface area contributed by atoms with E-state index in [-0.39, 0.29) is 21.9 Å². The molecule has 1 heterocycles. The van der Waals surface area contributed by atoms with Crippen molar-refractivity contribution >= 4 is 35.0 Å². The Morgan fingerprint density at radius 1 is 1.11 bits per heavy atom. The normalized spacial score (nSPS) is 17.9. The van der Waals surface area contributed by atoms with Gasteiger partial charge in [-0.2, -0.15) is 0 Å². The zero-order valence-corrected chi connectivity index (χ0v) is 21.4. The number of benzene rings is 2. The summed E-state index contributed by atoms with van der Waals surface area (Å²) in [6, 6.07) is 14.3. The van der Waals surface area contributed by atoms with Crippen molar-refractivity contribution in [3.63, 3.8) is 0 Å². The van der Waals surface area contributed by atoms with Gasteiger partial charge in [-0.15, -0.1) is 0 Å². The first-order valence-electron chi connectivity index (χ1n) is 13.1. The topological polar surface area (TPSA) is 102 Å². The smallest absolute Gasteiger partial charge is 0.330 e. The first kappa shape index (κ1) is 26.4. The van der Waals surface area contributed by atoms with Gasteiger partial charge in [0.05, 0.1) is 12.0 Å². The van der Waals surface area contributed by atoms with E-state index in [0.717, 1.165) is 75.0 Å². The molecule has 0 unspecified atom stereocenters. The number of carbonyl (C=O) groups excluding carboxylic acids is 2. The summed E-state index contributed by atoms with van der Waals surface area (Å²) < 4.78 is 4.65. The monoisotopic (exact) mass is 505 g/mol. The predicted molar refractivity (Wildman–Crippen MR) is 144 cm³/mol. The number of carbonyl (C=O) groups is 2. The SMILES string of the molecule is COC(=O)/C=C/c1cccc(NC(=O)C2(CC3CCN(c4ccc([N+](=O)[O-])cc4)CC3)CCCCC2)c1. The van der Waals surface area contributed by atoms with E-state index in [2.05, 4.69) is 15.0 Å². The molecule has 0 aromatic heterocycles. The fourth-order valence-corrected chi connectivity index (χ4v) is 5.70. The van der Waals surface area contributed by atoms with Crippen LogP contribution in [-0.2, 0) is 14.3 Å². The zero-order valence-electron chi connectivity index (χ0n) is 21.4. The van der Waals surface area contributed by atoms with Crippen LogP contribution in [-0.4, -0.2) is 37.0 Å². The quantitative estimate of drug-likeness (QED) is 0.205. The Labute approximate surface area is 217 Å². The van der Waals surface area contributed by atoms with E-state index < -0.39 is 5.97 Å². The molecule has 1 amide bonds. The summed E-state index contributed by atoms with van der Waals surface area (Å²) in [7, 11) is 1.34. The number of piperidine rings is 1. The third-order valence-electron chi connectivity index (χ3n) is 7.77. The van der Waals surface area contributed by atoms with E-state index in [9.17, 15) is 19.7 Å². The second kappa shape index (κ2) is 12.0. The molecule has 8 heteroatoms. The number of esters is 1. The highest BCUT2D eigenvalue weighted by Gasteiger charge is 2.41. The van der Waals surface area contributed by atoms with Gasteiger partial charge >= 0.3 is 5.97 Å². The molecule has 0 spiro atoms. The lowest BCUT2D eigenvalue weighted by molar-refractivity contribution is -0.384. The van der Waals surface area contributed by atoms with E-state index >= 15 is 0 Å². The summed E-state index contributed by atoms with van der Waals surface area (Å²) in [4.78, 5) is 38.0. The molecular formula is C29H35N3O5. The standard InChI is InChI=1S/C29H35N3O5/c1-37-27(33)13-8-22-6-5-7-24(20-22)30-28(34)29(16-3-2-4-17-29)21-23-14-18-31(19-15-23)25-9-11-26(12-10-25)32(35)36/h5-13,20,23H,2-4,14-19,21H2,1H3,(H,30,34)/b13-8+. The lowest BCUT2D eigenvalue weighted by Crippen LogP contribution is -2.42. The third-order valence-corrected chi connectivity index (χ3v) is 7.77. The van der Waals surface area contributed by atoms with Gasteiger partial charge in [0.1, 0.15) is 0 Å². The molecule has 4 rings (SSSR count). The largest absolute Gasteiger partial charge is 0.466 e. The Kier molecular flexibility index (Phi) is 8.58. The average molecular weight is 506 g/mol. The Morgan fingerprint density at radius 3 is 2.46 bits per heavy atom. The maximum atomic E-state index is 13.7. The van der Waals surface area contributed by atoms with Gasteiger partial charge in [0.15, 0.2) is 0 Å². The second-order valence-electron chi connectivity index (χ2n) is 10.2. The number of hydrogen-bond acceptors (Lipinski definition) is 6. The predicted octanol–water partition coefficient (Wildman–Crippen LogP) is 5.98. The number of ether oxygens (including phenoxy) is 1. The molecule has 1 saturated heterocycles. The van der Waals surface area contributed by atoms with Crippen molar-refractivity contribution in [1.82, 2.24) is 0 Å². The number of anilines is 2. The average Bonchev–Trinajstić information content (AvgIpc) is 2.93. The van der Waals surface area contributed by atoms with Gasteiger partial charge in [0.25, 0.3) is 5.69 Å². The first-order valence-corrected chi connectivity index (χ1v) is 13.1. The van der Waals surface area contributed by atoms with Crippen LogP contribution < -0.4 is 10.2 Å². The molecule has 37 heavy (non-hydrogen) atoms. The van der Waals surface area contributed by atoms with Gasteiger partial charge in [-0.05, 0) is 73.9 Å². The molecule has 0 bridgehead atoms. The number of amides is 1. The van der Waals surface area contributed by atoms with Crippen LogP contribution in [0.4, 0.5) is 17.1 Å². The molecule has 0 atom stereocenters. The van der Waals surface area contributed by atoms with Gasteiger partial charge in [0, 0.05) is 48.1 Å². The van der Waals surface area contributed by atoms with Crippen molar-refractivity contribution in [1.29, 1.82) is 0 Å². The van der Waals surface area contributed by atoms with Gasteiger partial charge in [-0.3, -0.25) is 14.9 Å². The van der Waals surface area contributed by atoms with Gasteiger partial charge in [-0.1, -0.05) is 31.4 Å². The minimum Gasteiger partial charge on any atom is -0.466 e. The number of nitro benzene ring substituents is 1. The minimum atomic E-state index is -0.421. The summed E-state index contributed by atoms with van der Waals surface area (Å²) in [6.07, 6.45) is 11.0. The van der Waals surface area contributed by atoms with Crippen molar-refractivity contribution in [2.75, 3.05) is 30.4 Å². The van der Waals surface area contributed by atoms with E-state index in [1.54, 1.807) is 18.2 Å². The molecule has 2 aliphatic rings. The van der Waals surface area contributed by atoms with E-state index in [1.165, 1.54) is 19.6 Å². The number of rotatable bonds is 8. The molecule has 2 aromatic rings. The Bertz CT molecular complexity index is 1130. The number of nitrogens with one attached hydrogen (secondary N) is 1. The molecule has 1 aliphatic carbocycles. The molecule has 1 N–H and O–H groups in total. The maximum Gasteiger partial charge on any atom is 0.330 e. The molecule has 8 nitrogen and oxygen atoms in total. The fourth-order valence-electron chi connectivity index (χ4n) is 5.70. The second-order valence-corrected chi connectivity index (χ2v) is 10.2. The van der Waals surface area contributed by atoms with Crippen molar-refractivity contribution < 1.29 is 19.2 Å². The van der Waals surface area contributed by atoms with Crippen molar-refractivity contribution in [3.8, 4) is 0 Å². The maximum absolute atomic E-state index is 13.7. The van der Waals surface area contributed by atoms with Crippen LogP contribution in [0.5, 0.6) is 0 Å². The number of non-ortho nitro benzene ring substituents is 1. The fraction of sp³-hybridized carbons (Fsp3) is 0.448. The number of methoxy groups -OCH3 is 1. The summed E-state index contributed by atoms with van der Waals surface area (Å²) in [6.45, 7) is 1.77. The lowest BCUT2D eigenvalue weighted by Gasteiger charge is -2.41. The van der Waals surface area contributed by atoms with Crippen molar-refractivity contribution in [3.05, 3.63) is 70.3 Å². The molecule has 1 saturated carbocycles. The summed E-state index contributed by atoms with van der Waals surface area (Å²) in [5, 5.41) is 14.1. The minimum absolute atomic E-state index is 0.0964. The van der Waals surface area contributed by atoms with Gasteiger partial charge < -0.3 is 15.0 Å². The Hall–Kier alpha value is -3.68. The molecule has 2 fully saturated rings. The van der Waals surface area contributed by atoms with Crippen LogP contribution in [0.1, 0.15) is 56.9 Å². The summed E-state index contributed by atoms with van der Waals surface area (Å²) >= 11 is 0. The lowest BCUT2D eigenvalue weighted by atomic mass is 9.67. The van der Waals surface area contributed by atoms with Gasteiger partial charge in [-0.25, -0.2) is 4.79 Å². The van der Waals surface area contributed by atoms with Crippen LogP contribution in [0.3, 0.4) is 0 Å². The number of hydrogen-bond donors (Lipinski definition) is 1.